The first kappa shape index (κ1) is 7.98. The van der Waals surface area contributed by atoms with E-state index in [0.29, 0.717) is 0 Å². The molecule has 0 bridgehead atoms. The minimum Gasteiger partial charge on any atom is -0.268 e. The Balaban J connectivity index is 2.95. The van der Waals surface area contributed by atoms with Gasteiger partial charge in [0.15, 0.2) is 0 Å². The van der Waals surface area contributed by atoms with E-state index in [0.717, 1.165) is 22.0 Å². The third kappa shape index (κ3) is 1.33. The van der Waals surface area contributed by atoms with Gasteiger partial charge in [-0.15, -0.1) is 0 Å². The van der Waals surface area contributed by atoms with Crippen LogP contribution in [0.1, 0.15) is 11.1 Å². The fraction of sp³-hybridized carbons (Fsp3) is 0.200. The van der Waals surface area contributed by atoms with Gasteiger partial charge in [-0.3, -0.25) is 4.79 Å². The van der Waals surface area contributed by atoms with Gasteiger partial charge in [-0.05, 0) is 31.0 Å². The molecule has 13 heavy (non-hydrogen) atoms. The summed E-state index contributed by atoms with van der Waals surface area (Å²) in [6, 6.07) is 5.58. The van der Waals surface area contributed by atoms with E-state index in [-0.39, 0.29) is 5.56 Å². The van der Waals surface area contributed by atoms with Gasteiger partial charge in [-0.1, -0.05) is 6.07 Å². The highest BCUT2D eigenvalue weighted by molar-refractivity contribution is 5.81. The van der Waals surface area contributed by atoms with Crippen LogP contribution in [0.4, 0.5) is 0 Å². The molecule has 66 valence electrons. The zero-order valence-electron chi connectivity index (χ0n) is 7.59. The minimum absolute atomic E-state index is 0.153. The van der Waals surface area contributed by atoms with Gasteiger partial charge in [-0.25, -0.2) is 5.10 Å². The monoisotopic (exact) mass is 174 g/mol. The van der Waals surface area contributed by atoms with Crippen LogP contribution in [0.15, 0.2) is 23.0 Å². The number of hydrogen-bond acceptors (Lipinski definition) is 2. The molecule has 0 atom stereocenters. The molecule has 0 saturated heterocycles. The van der Waals surface area contributed by atoms with Crippen molar-refractivity contribution < 1.29 is 0 Å². The predicted molar refractivity (Wildman–Crippen MR) is 51.8 cm³/mol. The first-order valence-corrected chi connectivity index (χ1v) is 4.13. The molecule has 0 amide bonds. The van der Waals surface area contributed by atoms with Crippen molar-refractivity contribution in [2.45, 2.75) is 13.8 Å². The highest BCUT2D eigenvalue weighted by Gasteiger charge is 1.99. The summed E-state index contributed by atoms with van der Waals surface area (Å²) >= 11 is 0. The van der Waals surface area contributed by atoms with Gasteiger partial charge in [-0.2, -0.15) is 5.10 Å². The van der Waals surface area contributed by atoms with Crippen molar-refractivity contribution in [3.05, 3.63) is 39.7 Å². The molecule has 0 radical (unpaired) electrons. The molecule has 2 aromatic rings. The highest BCUT2D eigenvalue weighted by Crippen LogP contribution is 2.15. The minimum atomic E-state index is -0.153. The zero-order chi connectivity index (χ0) is 9.42. The normalized spacial score (nSPS) is 10.6. The lowest BCUT2D eigenvalue weighted by molar-refractivity contribution is 1.03. The van der Waals surface area contributed by atoms with Gasteiger partial charge < -0.3 is 0 Å². The lowest BCUT2D eigenvalue weighted by Gasteiger charge is -2.01. The van der Waals surface area contributed by atoms with Crippen LogP contribution in [0, 0.1) is 13.8 Å². The summed E-state index contributed by atoms with van der Waals surface area (Å²) in [5.74, 6) is 0. The van der Waals surface area contributed by atoms with Crippen molar-refractivity contribution in [1.29, 1.82) is 0 Å². The maximum Gasteiger partial charge on any atom is 0.264 e. The molecular formula is C10H10N2O. The van der Waals surface area contributed by atoms with Crippen LogP contribution in [0.2, 0.25) is 0 Å². The molecule has 3 heteroatoms. The molecular weight excluding hydrogens is 164 g/mol. The van der Waals surface area contributed by atoms with Crippen molar-refractivity contribution in [2.75, 3.05) is 0 Å². The van der Waals surface area contributed by atoms with E-state index in [9.17, 15) is 4.79 Å². The third-order valence-electron chi connectivity index (χ3n) is 2.07. The number of rotatable bonds is 0. The van der Waals surface area contributed by atoms with Crippen molar-refractivity contribution in [3.63, 3.8) is 0 Å². The molecule has 1 aromatic carbocycles. The molecule has 0 aliphatic heterocycles. The maximum absolute atomic E-state index is 11.0. The van der Waals surface area contributed by atoms with Gasteiger partial charge in [0, 0.05) is 11.5 Å². The number of benzene rings is 1. The molecule has 0 fully saturated rings. The summed E-state index contributed by atoms with van der Waals surface area (Å²) in [5, 5.41) is 7.31. The van der Waals surface area contributed by atoms with E-state index < -0.39 is 0 Å². The molecule has 0 aliphatic rings. The Morgan fingerprint density at radius 1 is 1.23 bits per heavy atom. The van der Waals surface area contributed by atoms with Crippen LogP contribution in [0.3, 0.4) is 0 Å². The van der Waals surface area contributed by atoms with Crippen molar-refractivity contribution >= 4 is 10.9 Å². The molecule has 1 heterocycles. The Morgan fingerprint density at radius 2 is 2.00 bits per heavy atom. The molecule has 1 N–H and O–H groups in total. The number of H-pyrrole nitrogens is 1. The van der Waals surface area contributed by atoms with Crippen LogP contribution >= 0.6 is 0 Å². The summed E-state index contributed by atoms with van der Waals surface area (Å²) in [4.78, 5) is 11.0. The van der Waals surface area contributed by atoms with Gasteiger partial charge >= 0.3 is 0 Å². The number of aromatic nitrogens is 2. The van der Waals surface area contributed by atoms with E-state index in [4.69, 9.17) is 0 Å². The Labute approximate surface area is 75.4 Å². The van der Waals surface area contributed by atoms with Gasteiger partial charge in [0.1, 0.15) is 0 Å². The summed E-state index contributed by atoms with van der Waals surface area (Å²) in [5.41, 5.74) is 2.94. The summed E-state index contributed by atoms with van der Waals surface area (Å²) in [7, 11) is 0. The standard InChI is InChI=1S/C10H10N2O/c1-6-3-7(2)8-5-10(13)12-11-9(8)4-6/h3-5H,1-2H3,(H,12,13). The van der Waals surface area contributed by atoms with Crippen molar-refractivity contribution in [1.82, 2.24) is 10.2 Å². The van der Waals surface area contributed by atoms with Crippen LogP contribution in [0.5, 0.6) is 0 Å². The van der Waals surface area contributed by atoms with Crippen molar-refractivity contribution in [3.8, 4) is 0 Å². The summed E-state index contributed by atoms with van der Waals surface area (Å²) in [6.07, 6.45) is 0. The molecule has 0 unspecified atom stereocenters. The summed E-state index contributed by atoms with van der Waals surface area (Å²) < 4.78 is 0. The quantitative estimate of drug-likeness (QED) is 0.658. The molecule has 0 saturated carbocycles. The molecule has 3 nitrogen and oxygen atoms in total. The number of aromatic amines is 1. The largest absolute Gasteiger partial charge is 0.268 e. The lowest BCUT2D eigenvalue weighted by Crippen LogP contribution is -2.06. The van der Waals surface area contributed by atoms with E-state index in [1.807, 2.05) is 26.0 Å². The second-order valence-electron chi connectivity index (χ2n) is 3.25. The smallest absolute Gasteiger partial charge is 0.264 e. The van der Waals surface area contributed by atoms with Crippen molar-refractivity contribution in [2.24, 2.45) is 0 Å². The zero-order valence-corrected chi connectivity index (χ0v) is 7.59. The molecule has 2 rings (SSSR count). The first-order chi connectivity index (χ1) is 6.16. The number of nitrogens with one attached hydrogen (secondary N) is 1. The summed E-state index contributed by atoms with van der Waals surface area (Å²) in [6.45, 7) is 4.00. The van der Waals surface area contributed by atoms with Gasteiger partial charge in [0.05, 0.1) is 5.52 Å². The number of hydrogen-bond donors (Lipinski definition) is 1. The fourth-order valence-electron chi connectivity index (χ4n) is 1.52. The van der Waals surface area contributed by atoms with E-state index in [1.165, 1.54) is 0 Å². The lowest BCUT2D eigenvalue weighted by atomic mass is 10.1. The maximum atomic E-state index is 11.0. The second kappa shape index (κ2) is 2.69. The van der Waals surface area contributed by atoms with Crippen LogP contribution in [-0.2, 0) is 0 Å². The van der Waals surface area contributed by atoms with Crippen LogP contribution in [0.25, 0.3) is 10.9 Å². The SMILES string of the molecule is Cc1cc(C)c2cc(=O)[nH]nc2c1. The van der Waals surface area contributed by atoms with E-state index >= 15 is 0 Å². The number of nitrogens with zero attached hydrogens (tertiary/aromatic N) is 1. The molecule has 1 aromatic heterocycles. The third-order valence-corrected chi connectivity index (χ3v) is 2.07. The van der Waals surface area contributed by atoms with E-state index in [1.54, 1.807) is 6.07 Å². The Hall–Kier alpha value is -1.64. The first-order valence-electron chi connectivity index (χ1n) is 4.13. The average Bonchev–Trinajstić information content (AvgIpc) is 2.06. The Bertz CT molecular complexity index is 514. The van der Waals surface area contributed by atoms with Gasteiger partial charge in [0.25, 0.3) is 5.56 Å². The van der Waals surface area contributed by atoms with Gasteiger partial charge in [0.2, 0.25) is 0 Å². The molecule has 0 spiro atoms. The predicted octanol–water partition coefficient (Wildman–Crippen LogP) is 1.54. The number of fused-ring (bicyclic) bond motifs is 1. The molecule has 0 aliphatic carbocycles. The Morgan fingerprint density at radius 3 is 2.77 bits per heavy atom. The Kier molecular flexibility index (Phi) is 1.65. The van der Waals surface area contributed by atoms with Crippen LogP contribution < -0.4 is 5.56 Å². The average molecular weight is 174 g/mol. The fourth-order valence-corrected chi connectivity index (χ4v) is 1.52. The highest BCUT2D eigenvalue weighted by atomic mass is 16.1. The van der Waals surface area contributed by atoms with Crippen LogP contribution in [-0.4, -0.2) is 10.2 Å². The second-order valence-corrected chi connectivity index (χ2v) is 3.25. The topological polar surface area (TPSA) is 45.8 Å². The van der Waals surface area contributed by atoms with E-state index in [2.05, 4.69) is 10.2 Å². The number of aryl methyl sites for hydroxylation is 2.